The molecule has 0 radical (unpaired) electrons. The monoisotopic (exact) mass is 396 g/mol. The molecular weight excluding hydrogens is 376 g/mol. The molecule has 28 heavy (non-hydrogen) atoms. The van der Waals surface area contributed by atoms with E-state index in [1.807, 2.05) is 18.2 Å². The molecule has 0 aliphatic carbocycles. The lowest BCUT2D eigenvalue weighted by Gasteiger charge is -2.25. The predicted molar refractivity (Wildman–Crippen MR) is 109 cm³/mol. The van der Waals surface area contributed by atoms with Gasteiger partial charge in [0.25, 0.3) is 0 Å². The molecule has 1 aliphatic rings. The standard InChI is InChI=1S/C20H20N4O3S/c25-12-14-10-19-21-22-20(26)24(19)17-9-13(1-3-16(14)17)18-4-2-15(28-18)11-23-5-7-27-8-6-23/h1-4,9-10,25H,5-8,11-12H2,(H,22,26). The van der Waals surface area contributed by atoms with Crippen molar-refractivity contribution in [1.29, 1.82) is 0 Å². The minimum absolute atomic E-state index is 0.101. The highest BCUT2D eigenvalue weighted by Gasteiger charge is 2.14. The van der Waals surface area contributed by atoms with E-state index < -0.39 is 0 Å². The van der Waals surface area contributed by atoms with Crippen LogP contribution in [0.4, 0.5) is 0 Å². The maximum absolute atomic E-state index is 12.2. The SMILES string of the molecule is O=c1[nH]nc2cc(CO)c3ccc(-c4ccc(CN5CCOCC5)s4)cc3n12. The number of morpholine rings is 1. The van der Waals surface area contributed by atoms with Crippen LogP contribution in [0.5, 0.6) is 0 Å². The molecule has 1 aromatic carbocycles. The number of ether oxygens (including phenoxy) is 1. The molecule has 1 saturated heterocycles. The van der Waals surface area contributed by atoms with Crippen LogP contribution < -0.4 is 5.69 Å². The number of aliphatic hydroxyl groups is 1. The average molecular weight is 396 g/mol. The van der Waals surface area contributed by atoms with E-state index in [0.29, 0.717) is 5.65 Å². The molecule has 4 heterocycles. The molecule has 0 bridgehead atoms. The highest BCUT2D eigenvalue weighted by atomic mass is 32.1. The number of hydrogen-bond acceptors (Lipinski definition) is 6. The Morgan fingerprint density at radius 1 is 1.18 bits per heavy atom. The summed E-state index contributed by atoms with van der Waals surface area (Å²) in [6.07, 6.45) is 0. The molecule has 144 valence electrons. The molecular formula is C20H20N4O3S. The van der Waals surface area contributed by atoms with Gasteiger partial charge in [0, 0.05) is 34.8 Å². The minimum atomic E-state index is -0.277. The Morgan fingerprint density at radius 3 is 2.86 bits per heavy atom. The van der Waals surface area contributed by atoms with Gasteiger partial charge in [0.1, 0.15) is 0 Å². The molecule has 0 unspecified atom stereocenters. The number of nitrogens with one attached hydrogen (secondary N) is 1. The van der Waals surface area contributed by atoms with Gasteiger partial charge in [-0.25, -0.2) is 14.3 Å². The van der Waals surface area contributed by atoms with Crippen LogP contribution in [-0.2, 0) is 17.9 Å². The Balaban J connectivity index is 1.55. The molecule has 1 aliphatic heterocycles. The Labute approximate surface area is 164 Å². The lowest BCUT2D eigenvalue weighted by atomic mass is 10.1. The van der Waals surface area contributed by atoms with Crippen LogP contribution in [0.2, 0.25) is 0 Å². The van der Waals surface area contributed by atoms with E-state index in [9.17, 15) is 9.90 Å². The number of pyridine rings is 1. The topological polar surface area (TPSA) is 82.9 Å². The molecule has 0 amide bonds. The summed E-state index contributed by atoms with van der Waals surface area (Å²) in [4.78, 5) is 17.1. The summed E-state index contributed by atoms with van der Waals surface area (Å²) in [6.45, 7) is 4.36. The van der Waals surface area contributed by atoms with Crippen molar-refractivity contribution in [3.05, 3.63) is 57.3 Å². The number of rotatable bonds is 4. The van der Waals surface area contributed by atoms with Gasteiger partial charge < -0.3 is 9.84 Å². The molecule has 4 aromatic rings. The van der Waals surface area contributed by atoms with Gasteiger partial charge in [-0.1, -0.05) is 12.1 Å². The van der Waals surface area contributed by atoms with E-state index in [-0.39, 0.29) is 12.3 Å². The summed E-state index contributed by atoms with van der Waals surface area (Å²) >= 11 is 1.77. The van der Waals surface area contributed by atoms with Gasteiger partial charge in [-0.15, -0.1) is 11.3 Å². The van der Waals surface area contributed by atoms with Crippen LogP contribution in [0.15, 0.2) is 41.2 Å². The fourth-order valence-electron chi connectivity index (χ4n) is 3.74. The number of aromatic amines is 1. The highest BCUT2D eigenvalue weighted by Crippen LogP contribution is 2.32. The fraction of sp³-hybridized carbons (Fsp3) is 0.300. The van der Waals surface area contributed by atoms with Crippen molar-refractivity contribution in [2.45, 2.75) is 13.2 Å². The zero-order chi connectivity index (χ0) is 19.1. The molecule has 2 N–H and O–H groups in total. The summed E-state index contributed by atoms with van der Waals surface area (Å²) in [6, 6.07) is 12.1. The summed E-state index contributed by atoms with van der Waals surface area (Å²) < 4.78 is 6.97. The Kier molecular flexibility index (Phi) is 4.48. The second-order valence-electron chi connectivity index (χ2n) is 6.94. The van der Waals surface area contributed by atoms with Crippen LogP contribution in [0, 0.1) is 0 Å². The molecule has 8 heteroatoms. The third kappa shape index (κ3) is 3.04. The maximum Gasteiger partial charge on any atom is 0.348 e. The Morgan fingerprint density at radius 2 is 2.04 bits per heavy atom. The first-order chi connectivity index (χ1) is 13.7. The van der Waals surface area contributed by atoms with Gasteiger partial charge in [-0.05, 0) is 35.4 Å². The third-order valence-electron chi connectivity index (χ3n) is 5.19. The number of H-pyrrole nitrogens is 1. The van der Waals surface area contributed by atoms with Crippen LogP contribution in [0.3, 0.4) is 0 Å². The Bertz CT molecular complexity index is 1200. The highest BCUT2D eigenvalue weighted by molar-refractivity contribution is 7.15. The van der Waals surface area contributed by atoms with Gasteiger partial charge in [0.2, 0.25) is 0 Å². The minimum Gasteiger partial charge on any atom is -0.392 e. The van der Waals surface area contributed by atoms with Crippen molar-refractivity contribution in [1.82, 2.24) is 19.5 Å². The molecule has 0 saturated carbocycles. The molecule has 7 nitrogen and oxygen atoms in total. The number of benzene rings is 1. The second kappa shape index (κ2) is 7.14. The van der Waals surface area contributed by atoms with Crippen LogP contribution >= 0.6 is 11.3 Å². The van der Waals surface area contributed by atoms with Crippen molar-refractivity contribution in [3.63, 3.8) is 0 Å². The number of nitrogens with zero attached hydrogens (tertiary/aromatic N) is 3. The normalized spacial score (nSPS) is 15.6. The number of aromatic nitrogens is 3. The molecule has 3 aromatic heterocycles. The van der Waals surface area contributed by atoms with E-state index in [0.717, 1.165) is 59.8 Å². The first-order valence-electron chi connectivity index (χ1n) is 9.26. The van der Waals surface area contributed by atoms with Gasteiger partial charge >= 0.3 is 5.69 Å². The first-order valence-corrected chi connectivity index (χ1v) is 10.1. The van der Waals surface area contributed by atoms with Crippen molar-refractivity contribution >= 4 is 27.9 Å². The fourth-order valence-corrected chi connectivity index (χ4v) is 4.79. The van der Waals surface area contributed by atoms with E-state index in [1.165, 1.54) is 4.88 Å². The Hall–Kier alpha value is -2.52. The van der Waals surface area contributed by atoms with Crippen molar-refractivity contribution in [2.24, 2.45) is 0 Å². The van der Waals surface area contributed by atoms with Crippen molar-refractivity contribution in [2.75, 3.05) is 26.3 Å². The van der Waals surface area contributed by atoms with E-state index in [1.54, 1.807) is 21.8 Å². The van der Waals surface area contributed by atoms with Gasteiger partial charge in [0.15, 0.2) is 5.65 Å². The summed E-state index contributed by atoms with van der Waals surface area (Å²) in [5.41, 5.74) is 2.79. The van der Waals surface area contributed by atoms with Crippen LogP contribution in [-0.4, -0.2) is 50.9 Å². The van der Waals surface area contributed by atoms with Gasteiger partial charge in [-0.2, -0.15) is 5.10 Å². The largest absolute Gasteiger partial charge is 0.392 e. The van der Waals surface area contributed by atoms with Crippen LogP contribution in [0.1, 0.15) is 10.4 Å². The first kappa shape index (κ1) is 17.6. The van der Waals surface area contributed by atoms with E-state index in [4.69, 9.17) is 4.74 Å². The van der Waals surface area contributed by atoms with Crippen molar-refractivity contribution < 1.29 is 9.84 Å². The smallest absolute Gasteiger partial charge is 0.348 e. The predicted octanol–water partition coefficient (Wildman–Crippen LogP) is 2.23. The number of hydrogen-bond donors (Lipinski definition) is 2. The summed E-state index contributed by atoms with van der Waals surface area (Å²) in [5.74, 6) is 0. The number of aliphatic hydroxyl groups excluding tert-OH is 1. The van der Waals surface area contributed by atoms with Crippen LogP contribution in [0.25, 0.3) is 27.0 Å². The molecule has 0 atom stereocenters. The van der Waals surface area contributed by atoms with Gasteiger partial charge in [-0.3, -0.25) is 4.90 Å². The van der Waals surface area contributed by atoms with E-state index in [2.05, 4.69) is 27.2 Å². The molecule has 5 rings (SSSR count). The lowest BCUT2D eigenvalue weighted by molar-refractivity contribution is 0.0346. The van der Waals surface area contributed by atoms with Gasteiger partial charge in [0.05, 0.1) is 25.3 Å². The zero-order valence-electron chi connectivity index (χ0n) is 15.2. The zero-order valence-corrected chi connectivity index (χ0v) is 16.0. The molecule has 0 spiro atoms. The number of fused-ring (bicyclic) bond motifs is 3. The second-order valence-corrected chi connectivity index (χ2v) is 8.10. The number of thiophene rings is 1. The third-order valence-corrected chi connectivity index (χ3v) is 6.30. The lowest BCUT2D eigenvalue weighted by Crippen LogP contribution is -2.35. The van der Waals surface area contributed by atoms with Crippen molar-refractivity contribution in [3.8, 4) is 10.4 Å². The quantitative estimate of drug-likeness (QED) is 0.553. The molecule has 1 fully saturated rings. The average Bonchev–Trinajstić information content (AvgIpc) is 3.34. The summed E-state index contributed by atoms with van der Waals surface area (Å²) in [7, 11) is 0. The maximum atomic E-state index is 12.2. The summed E-state index contributed by atoms with van der Waals surface area (Å²) in [5, 5.41) is 17.1. The van der Waals surface area contributed by atoms with E-state index >= 15 is 0 Å².